The smallest absolute Gasteiger partial charge is 0.0722 e. The van der Waals surface area contributed by atoms with Gasteiger partial charge in [0.1, 0.15) is 0 Å². The summed E-state index contributed by atoms with van der Waals surface area (Å²) >= 11 is 0. The third-order valence-electron chi connectivity index (χ3n) is 3.19. The minimum Gasteiger partial charge on any atom is -0.369 e. The predicted octanol–water partition coefficient (Wildman–Crippen LogP) is 1.77. The lowest BCUT2D eigenvalue weighted by Gasteiger charge is -2.19. The van der Waals surface area contributed by atoms with E-state index in [0.29, 0.717) is 6.04 Å². The quantitative estimate of drug-likeness (QED) is 0.785. The Bertz CT molecular complexity index is 504. The van der Waals surface area contributed by atoms with Gasteiger partial charge in [-0.05, 0) is 30.7 Å². The summed E-state index contributed by atoms with van der Waals surface area (Å²) in [7, 11) is 0. The molecule has 82 valence electrons. The molecule has 2 N–H and O–H groups in total. The molecule has 1 aromatic heterocycles. The van der Waals surface area contributed by atoms with E-state index in [1.165, 1.54) is 11.1 Å². The minimum atomic E-state index is 0.312. The lowest BCUT2D eigenvalue weighted by Crippen LogP contribution is -2.26. The number of nitrogens with two attached hydrogens (primary N) is 1. The topological polar surface area (TPSA) is 42.1 Å². The first-order valence-corrected chi connectivity index (χ1v) is 5.69. The van der Waals surface area contributed by atoms with Crippen molar-refractivity contribution in [1.29, 1.82) is 0 Å². The molecule has 1 saturated heterocycles. The molecule has 1 aromatic carbocycles. The van der Waals surface area contributed by atoms with Crippen molar-refractivity contribution in [3.05, 3.63) is 36.5 Å². The third-order valence-corrected chi connectivity index (χ3v) is 3.19. The normalized spacial score (nSPS) is 20.6. The van der Waals surface area contributed by atoms with Crippen LogP contribution >= 0.6 is 0 Å². The van der Waals surface area contributed by atoms with Crippen LogP contribution < -0.4 is 10.6 Å². The van der Waals surface area contributed by atoms with Crippen LogP contribution in [0.5, 0.6) is 0 Å². The van der Waals surface area contributed by atoms with Crippen LogP contribution in [0.3, 0.4) is 0 Å². The van der Waals surface area contributed by atoms with Crippen LogP contribution in [0.4, 0.5) is 5.69 Å². The average Bonchev–Trinajstić information content (AvgIpc) is 2.75. The zero-order valence-corrected chi connectivity index (χ0v) is 9.13. The Labute approximate surface area is 94.9 Å². The van der Waals surface area contributed by atoms with Gasteiger partial charge in [-0.2, -0.15) is 0 Å². The molecule has 1 atom stereocenters. The van der Waals surface area contributed by atoms with E-state index >= 15 is 0 Å². The fourth-order valence-corrected chi connectivity index (χ4v) is 2.37. The zero-order chi connectivity index (χ0) is 11.0. The summed E-state index contributed by atoms with van der Waals surface area (Å²) in [6, 6.07) is 10.7. The van der Waals surface area contributed by atoms with Gasteiger partial charge in [-0.25, -0.2) is 0 Å². The molecule has 3 rings (SSSR count). The van der Waals surface area contributed by atoms with E-state index in [1.807, 2.05) is 12.3 Å². The largest absolute Gasteiger partial charge is 0.369 e. The highest BCUT2D eigenvalue weighted by molar-refractivity contribution is 5.91. The molecule has 1 aliphatic rings. The van der Waals surface area contributed by atoms with Crippen molar-refractivity contribution in [3.8, 4) is 0 Å². The Morgan fingerprint density at radius 3 is 3.00 bits per heavy atom. The molecule has 1 fully saturated rings. The van der Waals surface area contributed by atoms with Crippen molar-refractivity contribution in [2.75, 3.05) is 18.0 Å². The zero-order valence-electron chi connectivity index (χ0n) is 9.13. The summed E-state index contributed by atoms with van der Waals surface area (Å²) in [4.78, 5) is 6.73. The molecule has 3 heteroatoms. The van der Waals surface area contributed by atoms with E-state index in [-0.39, 0.29) is 0 Å². The summed E-state index contributed by atoms with van der Waals surface area (Å²) in [5, 5.41) is 1.22. The molecule has 2 heterocycles. The van der Waals surface area contributed by atoms with E-state index in [2.05, 4.69) is 34.1 Å². The number of benzene rings is 1. The molecule has 0 radical (unpaired) electrons. The number of aromatic nitrogens is 1. The molecule has 3 nitrogen and oxygen atoms in total. The highest BCUT2D eigenvalue weighted by atomic mass is 15.2. The van der Waals surface area contributed by atoms with Crippen molar-refractivity contribution in [1.82, 2.24) is 4.98 Å². The van der Waals surface area contributed by atoms with E-state index < -0.39 is 0 Å². The SMILES string of the molecule is NC1CCN(c2cccc3ncccc23)C1. The minimum absolute atomic E-state index is 0.312. The average molecular weight is 213 g/mol. The van der Waals surface area contributed by atoms with Crippen molar-refractivity contribution in [2.45, 2.75) is 12.5 Å². The van der Waals surface area contributed by atoms with Crippen LogP contribution in [0.25, 0.3) is 10.9 Å². The number of rotatable bonds is 1. The van der Waals surface area contributed by atoms with Gasteiger partial charge < -0.3 is 10.6 Å². The Balaban J connectivity index is 2.09. The van der Waals surface area contributed by atoms with Crippen molar-refractivity contribution >= 4 is 16.6 Å². The van der Waals surface area contributed by atoms with Crippen LogP contribution in [-0.2, 0) is 0 Å². The molecule has 1 unspecified atom stereocenters. The van der Waals surface area contributed by atoms with Crippen LogP contribution in [0.15, 0.2) is 36.5 Å². The van der Waals surface area contributed by atoms with Gasteiger partial charge in [0.15, 0.2) is 0 Å². The molecular formula is C13H15N3. The Hall–Kier alpha value is -1.61. The summed E-state index contributed by atoms with van der Waals surface area (Å²) in [6.07, 6.45) is 2.92. The number of hydrogen-bond acceptors (Lipinski definition) is 3. The summed E-state index contributed by atoms with van der Waals surface area (Å²) in [5.41, 5.74) is 8.27. The van der Waals surface area contributed by atoms with Gasteiger partial charge >= 0.3 is 0 Å². The van der Waals surface area contributed by atoms with Crippen LogP contribution in [0, 0.1) is 0 Å². The van der Waals surface area contributed by atoms with Gasteiger partial charge in [-0.3, -0.25) is 4.98 Å². The number of pyridine rings is 1. The summed E-state index contributed by atoms with van der Waals surface area (Å²) in [5.74, 6) is 0. The maximum atomic E-state index is 5.95. The fourth-order valence-electron chi connectivity index (χ4n) is 2.37. The van der Waals surface area contributed by atoms with Gasteiger partial charge in [0.05, 0.1) is 5.52 Å². The maximum Gasteiger partial charge on any atom is 0.0722 e. The van der Waals surface area contributed by atoms with E-state index in [0.717, 1.165) is 25.0 Å². The lowest BCUT2D eigenvalue weighted by molar-refractivity contribution is 0.752. The van der Waals surface area contributed by atoms with Crippen molar-refractivity contribution < 1.29 is 0 Å². The van der Waals surface area contributed by atoms with Crippen LogP contribution in [0.1, 0.15) is 6.42 Å². The van der Waals surface area contributed by atoms with Gasteiger partial charge in [0.25, 0.3) is 0 Å². The first kappa shape index (κ1) is 9.60. The first-order chi connectivity index (χ1) is 7.84. The summed E-state index contributed by atoms with van der Waals surface area (Å²) in [6.45, 7) is 2.00. The van der Waals surface area contributed by atoms with Crippen molar-refractivity contribution in [3.63, 3.8) is 0 Å². The van der Waals surface area contributed by atoms with Gasteiger partial charge in [-0.15, -0.1) is 0 Å². The third kappa shape index (κ3) is 1.53. The highest BCUT2D eigenvalue weighted by Crippen LogP contribution is 2.27. The first-order valence-electron chi connectivity index (χ1n) is 5.69. The molecule has 0 amide bonds. The van der Waals surface area contributed by atoms with E-state index in [1.54, 1.807) is 0 Å². The molecule has 2 aromatic rings. The number of hydrogen-bond donors (Lipinski definition) is 1. The van der Waals surface area contributed by atoms with E-state index in [4.69, 9.17) is 5.73 Å². The second kappa shape index (κ2) is 3.76. The second-order valence-corrected chi connectivity index (χ2v) is 4.34. The van der Waals surface area contributed by atoms with Gasteiger partial charge in [-0.1, -0.05) is 6.07 Å². The standard InChI is InChI=1S/C13H15N3/c14-10-6-8-16(9-10)13-5-1-4-12-11(13)3-2-7-15-12/h1-5,7,10H,6,8-9,14H2. The molecule has 0 saturated carbocycles. The number of fused-ring (bicyclic) bond motifs is 1. The van der Waals surface area contributed by atoms with Gasteiger partial charge in [0.2, 0.25) is 0 Å². The molecule has 0 spiro atoms. The van der Waals surface area contributed by atoms with E-state index in [9.17, 15) is 0 Å². The predicted molar refractivity (Wildman–Crippen MR) is 66.5 cm³/mol. The molecular weight excluding hydrogens is 198 g/mol. The fraction of sp³-hybridized carbons (Fsp3) is 0.308. The number of anilines is 1. The monoisotopic (exact) mass is 213 g/mol. The highest BCUT2D eigenvalue weighted by Gasteiger charge is 2.20. The molecule has 0 bridgehead atoms. The molecule has 16 heavy (non-hydrogen) atoms. The lowest BCUT2D eigenvalue weighted by atomic mass is 10.1. The second-order valence-electron chi connectivity index (χ2n) is 4.34. The van der Waals surface area contributed by atoms with Crippen molar-refractivity contribution in [2.24, 2.45) is 5.73 Å². The molecule has 0 aliphatic carbocycles. The Kier molecular flexibility index (Phi) is 2.26. The Morgan fingerprint density at radius 1 is 1.25 bits per heavy atom. The number of nitrogens with zero attached hydrogens (tertiary/aromatic N) is 2. The van der Waals surface area contributed by atoms with Crippen LogP contribution in [0.2, 0.25) is 0 Å². The summed E-state index contributed by atoms with van der Waals surface area (Å²) < 4.78 is 0. The van der Waals surface area contributed by atoms with Crippen LogP contribution in [-0.4, -0.2) is 24.1 Å². The molecule has 1 aliphatic heterocycles. The maximum absolute atomic E-state index is 5.95. The Morgan fingerprint density at radius 2 is 2.19 bits per heavy atom. The van der Waals surface area contributed by atoms with Gasteiger partial charge in [0, 0.05) is 36.4 Å².